The molecule has 0 unspecified atom stereocenters. The zero-order chi connectivity index (χ0) is 13.4. The molecule has 1 saturated carbocycles. The summed E-state index contributed by atoms with van der Waals surface area (Å²) in [5, 5.41) is 17.1. The van der Waals surface area contributed by atoms with Gasteiger partial charge in [-0.05, 0) is 25.0 Å². The first-order chi connectivity index (χ1) is 9.88. The van der Waals surface area contributed by atoms with Crippen LogP contribution in [0.25, 0.3) is 5.69 Å². The van der Waals surface area contributed by atoms with Crippen molar-refractivity contribution in [2.45, 2.75) is 25.3 Å². The average molecular weight is 266 g/mol. The predicted molar refractivity (Wildman–Crippen MR) is 72.5 cm³/mol. The van der Waals surface area contributed by atoms with Gasteiger partial charge in [0.1, 0.15) is 5.69 Å². The van der Waals surface area contributed by atoms with Crippen molar-refractivity contribution in [1.82, 2.24) is 30.0 Å². The first-order valence-corrected chi connectivity index (χ1v) is 6.75. The summed E-state index contributed by atoms with van der Waals surface area (Å²) in [7, 11) is 0. The number of benzene rings is 1. The molecule has 1 aliphatic carbocycles. The van der Waals surface area contributed by atoms with Crippen molar-refractivity contribution in [3.63, 3.8) is 0 Å². The quantitative estimate of drug-likeness (QED) is 0.722. The Morgan fingerprint density at radius 2 is 2.00 bits per heavy atom. The Morgan fingerprint density at radius 3 is 2.80 bits per heavy atom. The molecule has 0 N–H and O–H groups in total. The number of rotatable bonds is 4. The minimum atomic E-state index is 0.604. The Kier molecular flexibility index (Phi) is 2.58. The highest BCUT2D eigenvalue weighted by Crippen LogP contribution is 2.38. The van der Waals surface area contributed by atoms with Crippen molar-refractivity contribution in [3.8, 4) is 5.69 Å². The second-order valence-corrected chi connectivity index (χ2v) is 5.08. The molecule has 2 aromatic heterocycles. The maximum Gasteiger partial charge on any atom is 0.105 e. The van der Waals surface area contributed by atoms with E-state index in [2.05, 4.69) is 20.5 Å². The van der Waals surface area contributed by atoms with Crippen LogP contribution in [0.2, 0.25) is 0 Å². The number of nitrogens with zero attached hydrogens (tertiary/aromatic N) is 6. The van der Waals surface area contributed by atoms with Gasteiger partial charge < -0.3 is 0 Å². The molecule has 2 heterocycles. The second-order valence-electron chi connectivity index (χ2n) is 5.08. The van der Waals surface area contributed by atoms with Gasteiger partial charge in [0.2, 0.25) is 0 Å². The number of hydrogen-bond acceptors (Lipinski definition) is 4. The molecule has 0 saturated heterocycles. The normalized spacial score (nSPS) is 14.6. The van der Waals surface area contributed by atoms with E-state index in [1.807, 2.05) is 41.2 Å². The van der Waals surface area contributed by atoms with E-state index in [4.69, 9.17) is 0 Å². The third kappa shape index (κ3) is 2.20. The highest BCUT2D eigenvalue weighted by molar-refractivity contribution is 5.28. The third-order valence-electron chi connectivity index (χ3n) is 3.40. The zero-order valence-electron chi connectivity index (χ0n) is 10.9. The van der Waals surface area contributed by atoms with Gasteiger partial charge in [-0.25, -0.2) is 4.68 Å². The van der Waals surface area contributed by atoms with Crippen molar-refractivity contribution in [2.75, 3.05) is 0 Å². The Labute approximate surface area is 116 Å². The van der Waals surface area contributed by atoms with E-state index in [9.17, 15) is 0 Å². The molecule has 1 aromatic carbocycles. The predicted octanol–water partition coefficient (Wildman–Crippen LogP) is 1.78. The van der Waals surface area contributed by atoms with Crippen LogP contribution in [0.1, 0.15) is 30.1 Å². The molecular weight excluding hydrogens is 252 g/mol. The Bertz CT molecular complexity index is 710. The van der Waals surface area contributed by atoms with Crippen LogP contribution in [0.4, 0.5) is 0 Å². The van der Waals surface area contributed by atoms with Gasteiger partial charge >= 0.3 is 0 Å². The van der Waals surface area contributed by atoms with Crippen LogP contribution >= 0.6 is 0 Å². The molecular formula is C14H14N6. The first-order valence-electron chi connectivity index (χ1n) is 6.75. The van der Waals surface area contributed by atoms with Crippen LogP contribution in [-0.4, -0.2) is 30.0 Å². The van der Waals surface area contributed by atoms with Crippen molar-refractivity contribution in [2.24, 2.45) is 0 Å². The van der Waals surface area contributed by atoms with Gasteiger partial charge in [0.15, 0.2) is 0 Å². The first kappa shape index (κ1) is 11.3. The van der Waals surface area contributed by atoms with Gasteiger partial charge in [0.05, 0.1) is 24.1 Å². The van der Waals surface area contributed by atoms with Gasteiger partial charge in [-0.15, -0.1) is 5.10 Å². The van der Waals surface area contributed by atoms with Crippen LogP contribution in [0.3, 0.4) is 0 Å². The lowest BCUT2D eigenvalue weighted by atomic mass is 10.3. The minimum Gasteiger partial charge on any atom is -0.246 e. The van der Waals surface area contributed by atoms with E-state index in [-0.39, 0.29) is 0 Å². The highest BCUT2D eigenvalue weighted by Gasteiger charge is 2.26. The summed E-state index contributed by atoms with van der Waals surface area (Å²) in [6.07, 6.45) is 6.26. The number of para-hydroxylation sites is 1. The summed E-state index contributed by atoms with van der Waals surface area (Å²) < 4.78 is 1.83. The molecule has 3 aromatic rings. The molecule has 0 amide bonds. The summed E-state index contributed by atoms with van der Waals surface area (Å²) in [5.74, 6) is 0.628. The fourth-order valence-corrected chi connectivity index (χ4v) is 2.18. The Balaban J connectivity index is 1.52. The molecule has 100 valence electrons. The molecule has 0 atom stereocenters. The fourth-order valence-electron chi connectivity index (χ4n) is 2.18. The molecule has 4 rings (SSSR count). The summed E-state index contributed by atoms with van der Waals surface area (Å²) >= 11 is 0. The largest absolute Gasteiger partial charge is 0.246 e. The third-order valence-corrected chi connectivity index (χ3v) is 3.40. The maximum atomic E-state index is 4.46. The van der Waals surface area contributed by atoms with E-state index in [0.717, 1.165) is 17.1 Å². The van der Waals surface area contributed by atoms with Crippen LogP contribution in [0.15, 0.2) is 42.7 Å². The monoisotopic (exact) mass is 266 g/mol. The molecule has 1 aliphatic rings. The van der Waals surface area contributed by atoms with Gasteiger partial charge in [0, 0.05) is 12.1 Å². The lowest BCUT2D eigenvalue weighted by molar-refractivity contribution is 0.628. The van der Waals surface area contributed by atoms with E-state index < -0.39 is 0 Å². The van der Waals surface area contributed by atoms with Gasteiger partial charge in [-0.1, -0.05) is 23.4 Å². The van der Waals surface area contributed by atoms with Crippen molar-refractivity contribution in [3.05, 3.63) is 54.1 Å². The van der Waals surface area contributed by atoms with Crippen LogP contribution < -0.4 is 0 Å². The van der Waals surface area contributed by atoms with E-state index in [1.54, 1.807) is 11.0 Å². The van der Waals surface area contributed by atoms with E-state index in [0.29, 0.717) is 12.5 Å². The van der Waals surface area contributed by atoms with Crippen LogP contribution in [0.5, 0.6) is 0 Å². The van der Waals surface area contributed by atoms with Crippen molar-refractivity contribution >= 4 is 0 Å². The fraction of sp³-hybridized carbons (Fsp3) is 0.286. The molecule has 0 bridgehead atoms. The Morgan fingerprint density at radius 1 is 1.15 bits per heavy atom. The summed E-state index contributed by atoms with van der Waals surface area (Å²) in [6, 6.07) is 9.87. The molecule has 6 heteroatoms. The van der Waals surface area contributed by atoms with E-state index >= 15 is 0 Å². The molecule has 1 fully saturated rings. The van der Waals surface area contributed by atoms with Gasteiger partial charge in [-0.2, -0.15) is 15.0 Å². The van der Waals surface area contributed by atoms with Crippen LogP contribution in [-0.2, 0) is 6.54 Å². The standard InChI is InChI=1S/C14H14N6/c1-2-4-13(5-3-1)20-15-8-12(17-20)9-19-10-14(16-18-19)11-6-7-11/h1-5,8,10-11H,6-7,9H2. The molecule has 0 radical (unpaired) electrons. The smallest absolute Gasteiger partial charge is 0.105 e. The van der Waals surface area contributed by atoms with Crippen molar-refractivity contribution < 1.29 is 0 Å². The minimum absolute atomic E-state index is 0.604. The SMILES string of the molecule is c1ccc(-n2ncc(Cn3cc(C4CC4)nn3)n2)cc1. The summed E-state index contributed by atoms with van der Waals surface area (Å²) in [5.41, 5.74) is 2.93. The zero-order valence-corrected chi connectivity index (χ0v) is 10.9. The topological polar surface area (TPSA) is 61.4 Å². The lowest BCUT2D eigenvalue weighted by Gasteiger charge is -1.98. The molecule has 0 spiro atoms. The summed E-state index contributed by atoms with van der Waals surface area (Å²) in [4.78, 5) is 1.63. The Hall–Kier alpha value is -2.50. The summed E-state index contributed by atoms with van der Waals surface area (Å²) in [6.45, 7) is 0.604. The average Bonchev–Trinajstić information content (AvgIpc) is 3.06. The highest BCUT2D eigenvalue weighted by atomic mass is 15.5. The molecule has 6 nitrogen and oxygen atoms in total. The molecule has 0 aliphatic heterocycles. The van der Waals surface area contributed by atoms with Gasteiger partial charge in [0.25, 0.3) is 0 Å². The molecule has 20 heavy (non-hydrogen) atoms. The van der Waals surface area contributed by atoms with Crippen LogP contribution in [0, 0.1) is 0 Å². The van der Waals surface area contributed by atoms with Gasteiger partial charge in [-0.3, -0.25) is 0 Å². The number of aromatic nitrogens is 6. The second kappa shape index (κ2) is 4.56. The van der Waals surface area contributed by atoms with E-state index in [1.165, 1.54) is 12.8 Å². The number of hydrogen-bond donors (Lipinski definition) is 0. The maximum absolute atomic E-state index is 4.46. The lowest BCUT2D eigenvalue weighted by Crippen LogP contribution is -2.03. The van der Waals surface area contributed by atoms with Crippen molar-refractivity contribution in [1.29, 1.82) is 0 Å².